The summed E-state index contributed by atoms with van der Waals surface area (Å²) in [6.07, 6.45) is -8.21. The van der Waals surface area contributed by atoms with E-state index in [0.717, 1.165) is 7.05 Å². The number of carbonyl (C=O) groups excluding carboxylic acids is 1. The van der Waals surface area contributed by atoms with Gasteiger partial charge in [0.2, 0.25) is 0 Å². The van der Waals surface area contributed by atoms with E-state index in [2.05, 4.69) is 0 Å². The number of nitrogens with zero attached hydrogens (tertiary/aromatic N) is 1. The number of likely N-dealkylation sites (N-methyl/N-ethyl adjacent to an activating group) is 1. The highest BCUT2D eigenvalue weighted by atomic mass is 19.4. The second kappa shape index (κ2) is 4.90. The minimum Gasteiger partial charge on any atom is -0.444 e. The molecule has 0 aliphatic heterocycles. The van der Waals surface area contributed by atoms with E-state index in [1.54, 1.807) is 20.8 Å². The molecule has 1 unspecified atom stereocenters. The molecule has 0 heterocycles. The van der Waals surface area contributed by atoms with Gasteiger partial charge in [0.1, 0.15) is 5.60 Å². The molecule has 0 fully saturated rings. The molecule has 0 spiro atoms. The monoisotopic (exact) mass is 243 g/mol. The first-order valence-corrected chi connectivity index (χ1v) is 4.62. The fourth-order valence-electron chi connectivity index (χ4n) is 0.777. The van der Waals surface area contributed by atoms with Gasteiger partial charge in [-0.25, -0.2) is 4.79 Å². The highest BCUT2D eigenvalue weighted by Gasteiger charge is 2.39. The van der Waals surface area contributed by atoms with Crippen molar-refractivity contribution in [1.82, 2.24) is 4.90 Å². The van der Waals surface area contributed by atoms with Crippen molar-refractivity contribution in [1.29, 1.82) is 0 Å². The lowest BCUT2D eigenvalue weighted by molar-refractivity contribution is -0.206. The quantitative estimate of drug-likeness (QED) is 0.804. The molecule has 4 nitrogen and oxygen atoms in total. The zero-order valence-corrected chi connectivity index (χ0v) is 9.63. The molecule has 1 atom stereocenters. The third kappa shape index (κ3) is 5.79. The molecule has 0 rings (SSSR count). The standard InChI is InChI=1S/C9H16F3NO3/c1-8(2,3)16-7(15)13(4)5-6(14)9(10,11)12/h6,14H,5H2,1-4H3. The maximum absolute atomic E-state index is 12.0. The first-order chi connectivity index (χ1) is 6.93. The van der Waals surface area contributed by atoms with Gasteiger partial charge in [0.15, 0.2) is 6.10 Å². The van der Waals surface area contributed by atoms with Crippen LogP contribution in [0, 0.1) is 0 Å². The Hall–Kier alpha value is -0.980. The number of alkyl halides is 3. The number of aliphatic hydroxyl groups is 1. The largest absolute Gasteiger partial charge is 0.444 e. The predicted octanol–water partition coefficient (Wildman–Crippen LogP) is 1.78. The van der Waals surface area contributed by atoms with Gasteiger partial charge in [-0.1, -0.05) is 0 Å². The van der Waals surface area contributed by atoms with Gasteiger partial charge in [-0.2, -0.15) is 13.2 Å². The normalized spacial score (nSPS) is 14.5. The number of carbonyl (C=O) groups is 1. The molecular formula is C9H16F3NO3. The lowest BCUT2D eigenvalue weighted by atomic mass is 10.2. The molecule has 96 valence electrons. The number of amides is 1. The second-order valence-electron chi connectivity index (χ2n) is 4.42. The van der Waals surface area contributed by atoms with Gasteiger partial charge in [0, 0.05) is 7.05 Å². The average molecular weight is 243 g/mol. The Labute approximate surface area is 92.0 Å². The van der Waals surface area contributed by atoms with Crippen LogP contribution >= 0.6 is 0 Å². The van der Waals surface area contributed by atoms with Crippen LogP contribution in [0.25, 0.3) is 0 Å². The molecule has 0 aliphatic rings. The van der Waals surface area contributed by atoms with Gasteiger partial charge >= 0.3 is 12.3 Å². The highest BCUT2D eigenvalue weighted by Crippen LogP contribution is 2.20. The Kier molecular flexibility index (Phi) is 4.60. The van der Waals surface area contributed by atoms with Crippen molar-refractivity contribution >= 4 is 6.09 Å². The van der Waals surface area contributed by atoms with E-state index in [-0.39, 0.29) is 0 Å². The Bertz CT molecular complexity index is 247. The summed E-state index contributed by atoms with van der Waals surface area (Å²) in [4.78, 5) is 11.9. The van der Waals surface area contributed by atoms with Crippen LogP contribution in [-0.2, 0) is 4.74 Å². The molecule has 7 heteroatoms. The lowest BCUT2D eigenvalue weighted by Gasteiger charge is -2.26. The number of aliphatic hydroxyl groups excluding tert-OH is 1. The summed E-state index contributed by atoms with van der Waals surface area (Å²) < 4.78 is 40.8. The summed E-state index contributed by atoms with van der Waals surface area (Å²) in [6.45, 7) is 3.94. The average Bonchev–Trinajstić information content (AvgIpc) is 1.98. The molecule has 0 aromatic rings. The summed E-state index contributed by atoms with van der Waals surface area (Å²) in [7, 11) is 1.13. The van der Waals surface area contributed by atoms with Crippen molar-refractivity contribution in [2.24, 2.45) is 0 Å². The van der Waals surface area contributed by atoms with Crippen LogP contribution in [-0.4, -0.2) is 47.6 Å². The number of hydrogen-bond donors (Lipinski definition) is 1. The first-order valence-electron chi connectivity index (χ1n) is 4.62. The zero-order chi connectivity index (χ0) is 13.1. The zero-order valence-electron chi connectivity index (χ0n) is 9.63. The number of rotatable bonds is 2. The van der Waals surface area contributed by atoms with Crippen LogP contribution in [0.1, 0.15) is 20.8 Å². The van der Waals surface area contributed by atoms with Crippen LogP contribution in [0.15, 0.2) is 0 Å². The Morgan fingerprint density at radius 2 is 1.81 bits per heavy atom. The van der Waals surface area contributed by atoms with Crippen molar-refractivity contribution in [3.8, 4) is 0 Å². The summed E-state index contributed by atoms with van der Waals surface area (Å²) in [5, 5.41) is 8.73. The van der Waals surface area contributed by atoms with Crippen LogP contribution in [0.5, 0.6) is 0 Å². The third-order valence-electron chi connectivity index (χ3n) is 1.53. The Morgan fingerprint density at radius 1 is 1.38 bits per heavy atom. The highest BCUT2D eigenvalue weighted by molar-refractivity contribution is 5.67. The van der Waals surface area contributed by atoms with E-state index in [4.69, 9.17) is 9.84 Å². The summed E-state index contributed by atoms with van der Waals surface area (Å²) in [6, 6.07) is 0. The molecule has 0 bridgehead atoms. The van der Waals surface area contributed by atoms with Crippen molar-refractivity contribution in [2.45, 2.75) is 38.7 Å². The maximum atomic E-state index is 12.0. The third-order valence-corrected chi connectivity index (χ3v) is 1.53. The van der Waals surface area contributed by atoms with E-state index in [1.807, 2.05) is 0 Å². The van der Waals surface area contributed by atoms with Gasteiger partial charge in [0.05, 0.1) is 6.54 Å². The Balaban J connectivity index is 4.27. The molecule has 0 aliphatic carbocycles. The minimum atomic E-state index is -4.74. The molecule has 1 N–H and O–H groups in total. The molecule has 1 amide bonds. The fraction of sp³-hybridized carbons (Fsp3) is 0.889. The van der Waals surface area contributed by atoms with Crippen LogP contribution in [0.4, 0.5) is 18.0 Å². The fourth-order valence-corrected chi connectivity index (χ4v) is 0.777. The molecular weight excluding hydrogens is 227 g/mol. The smallest absolute Gasteiger partial charge is 0.416 e. The molecule has 0 saturated carbocycles. The van der Waals surface area contributed by atoms with Gasteiger partial charge < -0.3 is 14.7 Å². The maximum Gasteiger partial charge on any atom is 0.416 e. The van der Waals surface area contributed by atoms with Gasteiger partial charge in [-0.05, 0) is 20.8 Å². The lowest BCUT2D eigenvalue weighted by Crippen LogP contribution is -2.43. The van der Waals surface area contributed by atoms with E-state index >= 15 is 0 Å². The van der Waals surface area contributed by atoms with Crippen LogP contribution in [0.2, 0.25) is 0 Å². The van der Waals surface area contributed by atoms with E-state index in [1.165, 1.54) is 0 Å². The number of ether oxygens (including phenoxy) is 1. The van der Waals surface area contributed by atoms with Crippen molar-refractivity contribution in [3.05, 3.63) is 0 Å². The van der Waals surface area contributed by atoms with Gasteiger partial charge in [-0.3, -0.25) is 0 Å². The van der Waals surface area contributed by atoms with Crippen molar-refractivity contribution < 1.29 is 27.8 Å². The van der Waals surface area contributed by atoms with E-state index in [0.29, 0.717) is 4.90 Å². The van der Waals surface area contributed by atoms with Gasteiger partial charge in [-0.15, -0.1) is 0 Å². The summed E-state index contributed by atoms with van der Waals surface area (Å²) in [5.74, 6) is 0. The van der Waals surface area contributed by atoms with Crippen molar-refractivity contribution in [3.63, 3.8) is 0 Å². The van der Waals surface area contributed by atoms with Crippen LogP contribution in [0.3, 0.4) is 0 Å². The Morgan fingerprint density at radius 3 is 2.12 bits per heavy atom. The number of halogens is 3. The SMILES string of the molecule is CN(CC(O)C(F)(F)F)C(=O)OC(C)(C)C. The van der Waals surface area contributed by atoms with E-state index in [9.17, 15) is 18.0 Å². The molecule has 16 heavy (non-hydrogen) atoms. The molecule has 0 aromatic carbocycles. The van der Waals surface area contributed by atoms with E-state index < -0.39 is 30.5 Å². The first kappa shape index (κ1) is 15.0. The molecule has 0 saturated heterocycles. The predicted molar refractivity (Wildman–Crippen MR) is 50.9 cm³/mol. The topological polar surface area (TPSA) is 49.8 Å². The van der Waals surface area contributed by atoms with Crippen LogP contribution < -0.4 is 0 Å². The number of hydrogen-bond acceptors (Lipinski definition) is 3. The second-order valence-corrected chi connectivity index (χ2v) is 4.42. The van der Waals surface area contributed by atoms with Gasteiger partial charge in [0.25, 0.3) is 0 Å². The summed E-state index contributed by atoms with van der Waals surface area (Å²) >= 11 is 0. The minimum absolute atomic E-state index is 0.684. The van der Waals surface area contributed by atoms with Crippen molar-refractivity contribution in [2.75, 3.05) is 13.6 Å². The molecule has 0 aromatic heterocycles. The summed E-state index contributed by atoms with van der Waals surface area (Å²) in [5.41, 5.74) is -0.783. The molecule has 0 radical (unpaired) electrons.